The van der Waals surface area contributed by atoms with Crippen LogP contribution in [0.15, 0.2) is 18.3 Å². The summed E-state index contributed by atoms with van der Waals surface area (Å²) in [5.74, 6) is 3.21. The molecule has 0 aliphatic heterocycles. The minimum absolute atomic E-state index is 0.0615. The van der Waals surface area contributed by atoms with E-state index in [0.717, 1.165) is 23.3 Å². The number of hydrogen-bond acceptors (Lipinski definition) is 3. The van der Waals surface area contributed by atoms with Gasteiger partial charge in [0.15, 0.2) is 0 Å². The minimum Gasteiger partial charge on any atom is -0.495 e. The van der Waals surface area contributed by atoms with Gasteiger partial charge in [-0.15, -0.1) is 0 Å². The van der Waals surface area contributed by atoms with E-state index in [9.17, 15) is 0 Å². The highest BCUT2D eigenvalue weighted by molar-refractivity contribution is 5.31. The molecular weight excluding hydrogens is 200 g/mol. The van der Waals surface area contributed by atoms with E-state index >= 15 is 0 Å². The first-order chi connectivity index (χ1) is 7.83. The van der Waals surface area contributed by atoms with Gasteiger partial charge in [0.25, 0.3) is 0 Å². The molecule has 0 radical (unpaired) electrons. The average molecular weight is 218 g/mol. The third kappa shape index (κ3) is 1.42. The lowest BCUT2D eigenvalue weighted by Crippen LogP contribution is -2.17. The molecule has 3 rings (SSSR count). The second kappa shape index (κ2) is 3.74. The maximum atomic E-state index is 6.32. The molecular formula is C13H18N2O. The van der Waals surface area contributed by atoms with Gasteiger partial charge in [0.05, 0.1) is 18.8 Å². The van der Waals surface area contributed by atoms with E-state index in [2.05, 4.69) is 4.98 Å². The van der Waals surface area contributed by atoms with Crippen molar-refractivity contribution in [1.29, 1.82) is 0 Å². The predicted octanol–water partition coefficient (Wildman–Crippen LogP) is 2.14. The Labute approximate surface area is 96.0 Å². The van der Waals surface area contributed by atoms with Gasteiger partial charge in [0.2, 0.25) is 0 Å². The zero-order chi connectivity index (χ0) is 11.1. The van der Waals surface area contributed by atoms with Crippen molar-refractivity contribution < 1.29 is 4.74 Å². The van der Waals surface area contributed by atoms with Crippen molar-refractivity contribution in [2.24, 2.45) is 23.5 Å². The SMILES string of the molecule is COc1cccnc1C(N)C1C2CCCC21. The molecule has 16 heavy (non-hydrogen) atoms. The van der Waals surface area contributed by atoms with Gasteiger partial charge in [-0.25, -0.2) is 0 Å². The highest BCUT2D eigenvalue weighted by atomic mass is 16.5. The fraction of sp³-hybridized carbons (Fsp3) is 0.615. The van der Waals surface area contributed by atoms with E-state index in [1.165, 1.54) is 19.3 Å². The molecule has 0 saturated heterocycles. The van der Waals surface area contributed by atoms with E-state index in [-0.39, 0.29) is 6.04 Å². The molecule has 2 fully saturated rings. The van der Waals surface area contributed by atoms with Crippen LogP contribution in [-0.2, 0) is 0 Å². The largest absolute Gasteiger partial charge is 0.495 e. The Morgan fingerprint density at radius 2 is 2.19 bits per heavy atom. The summed E-state index contributed by atoms with van der Waals surface area (Å²) in [5, 5.41) is 0. The van der Waals surface area contributed by atoms with Crippen LogP contribution >= 0.6 is 0 Å². The summed E-state index contributed by atoms with van der Waals surface area (Å²) in [6.45, 7) is 0. The highest BCUT2D eigenvalue weighted by Gasteiger charge is 2.55. The molecule has 3 nitrogen and oxygen atoms in total. The number of ether oxygens (including phenoxy) is 1. The highest BCUT2D eigenvalue weighted by Crippen LogP contribution is 2.61. The molecule has 1 heterocycles. The van der Waals surface area contributed by atoms with Crippen molar-refractivity contribution in [3.63, 3.8) is 0 Å². The van der Waals surface area contributed by atoms with E-state index in [4.69, 9.17) is 10.5 Å². The lowest BCUT2D eigenvalue weighted by Gasteiger charge is -2.15. The van der Waals surface area contributed by atoms with Crippen molar-refractivity contribution in [2.75, 3.05) is 7.11 Å². The second-order valence-corrected chi connectivity index (χ2v) is 4.95. The molecule has 3 atom stereocenters. The van der Waals surface area contributed by atoms with Crippen LogP contribution in [0.25, 0.3) is 0 Å². The van der Waals surface area contributed by atoms with Gasteiger partial charge < -0.3 is 10.5 Å². The molecule has 2 aliphatic carbocycles. The van der Waals surface area contributed by atoms with Gasteiger partial charge in [0.1, 0.15) is 5.75 Å². The Hall–Kier alpha value is -1.09. The molecule has 2 aliphatic rings. The van der Waals surface area contributed by atoms with E-state index in [0.29, 0.717) is 5.92 Å². The Morgan fingerprint density at radius 3 is 2.88 bits per heavy atom. The van der Waals surface area contributed by atoms with Crippen molar-refractivity contribution in [2.45, 2.75) is 25.3 Å². The smallest absolute Gasteiger partial charge is 0.141 e. The number of fused-ring (bicyclic) bond motifs is 1. The monoisotopic (exact) mass is 218 g/mol. The zero-order valence-corrected chi connectivity index (χ0v) is 9.60. The standard InChI is InChI=1S/C13H18N2O/c1-16-10-6-3-7-15-13(10)12(14)11-8-4-2-5-9(8)11/h3,6-9,11-12H,2,4-5,14H2,1H3. The zero-order valence-electron chi connectivity index (χ0n) is 9.60. The van der Waals surface area contributed by atoms with Gasteiger partial charge in [-0.05, 0) is 42.7 Å². The quantitative estimate of drug-likeness (QED) is 0.845. The molecule has 1 aromatic heterocycles. The van der Waals surface area contributed by atoms with Gasteiger partial charge in [-0.3, -0.25) is 4.98 Å². The number of aromatic nitrogens is 1. The topological polar surface area (TPSA) is 48.1 Å². The van der Waals surface area contributed by atoms with Gasteiger partial charge in [0, 0.05) is 6.20 Å². The number of nitrogens with two attached hydrogens (primary N) is 1. The van der Waals surface area contributed by atoms with E-state index < -0.39 is 0 Å². The van der Waals surface area contributed by atoms with Crippen LogP contribution in [0.5, 0.6) is 5.75 Å². The van der Waals surface area contributed by atoms with Gasteiger partial charge in [-0.2, -0.15) is 0 Å². The molecule has 2 saturated carbocycles. The summed E-state index contributed by atoms with van der Waals surface area (Å²) in [5.41, 5.74) is 7.26. The van der Waals surface area contributed by atoms with Crippen molar-refractivity contribution in [3.8, 4) is 5.75 Å². The van der Waals surface area contributed by atoms with Crippen molar-refractivity contribution >= 4 is 0 Å². The molecule has 2 N–H and O–H groups in total. The van der Waals surface area contributed by atoms with E-state index in [1.807, 2.05) is 12.1 Å². The normalized spacial score (nSPS) is 33.2. The maximum Gasteiger partial charge on any atom is 0.141 e. The first-order valence-electron chi connectivity index (χ1n) is 6.07. The average Bonchev–Trinajstić information content (AvgIpc) is 2.81. The minimum atomic E-state index is 0.0615. The van der Waals surface area contributed by atoms with Crippen LogP contribution in [-0.4, -0.2) is 12.1 Å². The fourth-order valence-electron chi connectivity index (χ4n) is 3.42. The van der Waals surface area contributed by atoms with Crippen LogP contribution in [0, 0.1) is 17.8 Å². The summed E-state index contributed by atoms with van der Waals surface area (Å²) in [6, 6.07) is 3.90. The number of pyridine rings is 1. The molecule has 86 valence electrons. The lowest BCUT2D eigenvalue weighted by atomic mass is 10.0. The van der Waals surface area contributed by atoms with Crippen LogP contribution in [0.2, 0.25) is 0 Å². The Balaban J connectivity index is 1.81. The Morgan fingerprint density at radius 1 is 1.44 bits per heavy atom. The Kier molecular flexibility index (Phi) is 2.36. The summed E-state index contributed by atoms with van der Waals surface area (Å²) in [4.78, 5) is 4.39. The van der Waals surface area contributed by atoms with Gasteiger partial charge in [-0.1, -0.05) is 6.42 Å². The van der Waals surface area contributed by atoms with Crippen molar-refractivity contribution in [1.82, 2.24) is 4.98 Å². The number of hydrogen-bond donors (Lipinski definition) is 1. The van der Waals surface area contributed by atoms with Gasteiger partial charge >= 0.3 is 0 Å². The summed E-state index contributed by atoms with van der Waals surface area (Å²) in [7, 11) is 1.68. The molecule has 0 bridgehead atoms. The molecule has 3 unspecified atom stereocenters. The third-order valence-electron chi connectivity index (χ3n) is 4.22. The number of methoxy groups -OCH3 is 1. The molecule has 0 aromatic carbocycles. The molecule has 0 amide bonds. The summed E-state index contributed by atoms with van der Waals surface area (Å²) < 4.78 is 5.32. The van der Waals surface area contributed by atoms with Crippen molar-refractivity contribution in [3.05, 3.63) is 24.0 Å². The molecule has 1 aromatic rings. The van der Waals surface area contributed by atoms with Crippen LogP contribution < -0.4 is 10.5 Å². The fourth-order valence-corrected chi connectivity index (χ4v) is 3.42. The van der Waals surface area contributed by atoms with Crippen LogP contribution in [0.4, 0.5) is 0 Å². The summed E-state index contributed by atoms with van der Waals surface area (Å²) in [6.07, 6.45) is 5.91. The number of rotatable bonds is 3. The third-order valence-corrected chi connectivity index (χ3v) is 4.22. The first kappa shape index (κ1) is 10.1. The molecule has 3 heteroatoms. The van der Waals surface area contributed by atoms with Crippen LogP contribution in [0.3, 0.4) is 0 Å². The van der Waals surface area contributed by atoms with E-state index in [1.54, 1.807) is 13.3 Å². The van der Waals surface area contributed by atoms with Crippen LogP contribution in [0.1, 0.15) is 31.0 Å². The maximum absolute atomic E-state index is 6.32. The predicted molar refractivity (Wildman–Crippen MR) is 62.0 cm³/mol. The lowest BCUT2D eigenvalue weighted by molar-refractivity contribution is 0.392. The summed E-state index contributed by atoms with van der Waals surface area (Å²) >= 11 is 0. The second-order valence-electron chi connectivity index (χ2n) is 4.95. The number of nitrogens with zero attached hydrogens (tertiary/aromatic N) is 1. The molecule has 0 spiro atoms. The first-order valence-corrected chi connectivity index (χ1v) is 6.07. The Bertz CT molecular complexity index is 383.